The minimum atomic E-state index is -0.341. The van der Waals surface area contributed by atoms with Gasteiger partial charge < -0.3 is 10.6 Å². The molecule has 2 aromatic carbocycles. The predicted octanol–water partition coefficient (Wildman–Crippen LogP) is 2.29. The summed E-state index contributed by atoms with van der Waals surface area (Å²) in [5.41, 5.74) is 9.22. The van der Waals surface area contributed by atoms with Crippen LogP contribution in [0, 0.1) is 0 Å². The Kier molecular flexibility index (Phi) is 3.44. The molecule has 2 N–H and O–H groups in total. The second kappa shape index (κ2) is 5.40. The summed E-state index contributed by atoms with van der Waals surface area (Å²) in [4.78, 5) is 24.5. The molecule has 0 aromatic heterocycles. The minimum Gasteiger partial charge on any atom is -0.369 e. The summed E-state index contributed by atoms with van der Waals surface area (Å²) in [6.45, 7) is 0.523. The van der Waals surface area contributed by atoms with Gasteiger partial charge in [-0.2, -0.15) is 0 Å². The normalized spacial score (nSPS) is 17.1. The van der Waals surface area contributed by atoms with Gasteiger partial charge >= 0.3 is 0 Å². The maximum Gasteiger partial charge on any atom is 0.225 e. The average molecular weight is 280 g/mol. The molecule has 0 radical (unpaired) electrons. The quantitative estimate of drug-likeness (QED) is 0.877. The third kappa shape index (κ3) is 2.40. The Morgan fingerprint density at radius 1 is 1.14 bits per heavy atom. The van der Waals surface area contributed by atoms with Gasteiger partial charge in [-0.3, -0.25) is 9.59 Å². The van der Waals surface area contributed by atoms with E-state index in [2.05, 4.69) is 0 Å². The Bertz CT molecular complexity index is 682. The largest absolute Gasteiger partial charge is 0.369 e. The van der Waals surface area contributed by atoms with E-state index in [4.69, 9.17) is 5.73 Å². The molecule has 21 heavy (non-hydrogen) atoms. The van der Waals surface area contributed by atoms with Gasteiger partial charge in [0.05, 0.1) is 5.92 Å². The minimum absolute atomic E-state index is 0.333. The number of nitrogens with zero attached hydrogens (tertiary/aromatic N) is 1. The zero-order valence-corrected chi connectivity index (χ0v) is 11.5. The molecule has 1 aliphatic heterocycles. The van der Waals surface area contributed by atoms with E-state index in [0.717, 1.165) is 28.8 Å². The van der Waals surface area contributed by atoms with E-state index < -0.39 is 0 Å². The Morgan fingerprint density at radius 3 is 2.57 bits per heavy atom. The van der Waals surface area contributed by atoms with Crippen molar-refractivity contribution < 1.29 is 9.59 Å². The van der Waals surface area contributed by atoms with Crippen molar-refractivity contribution in [3.8, 4) is 11.1 Å². The van der Waals surface area contributed by atoms with E-state index in [1.165, 1.54) is 0 Å². The molecule has 3 rings (SSSR count). The van der Waals surface area contributed by atoms with Crippen molar-refractivity contribution in [2.24, 2.45) is 5.73 Å². The van der Waals surface area contributed by atoms with Gasteiger partial charge in [-0.05, 0) is 35.2 Å². The van der Waals surface area contributed by atoms with Crippen molar-refractivity contribution in [1.29, 1.82) is 0 Å². The van der Waals surface area contributed by atoms with E-state index in [1.54, 1.807) is 4.90 Å². The van der Waals surface area contributed by atoms with Gasteiger partial charge in [0.2, 0.25) is 12.3 Å². The smallest absolute Gasteiger partial charge is 0.225 e. The number of amides is 2. The lowest BCUT2D eigenvalue weighted by atomic mass is 9.87. The molecule has 0 saturated heterocycles. The number of carbonyl (C=O) groups is 2. The lowest BCUT2D eigenvalue weighted by Crippen LogP contribution is -2.34. The van der Waals surface area contributed by atoms with Crippen LogP contribution in [-0.4, -0.2) is 18.9 Å². The zero-order chi connectivity index (χ0) is 14.8. The molecule has 2 amide bonds. The first kappa shape index (κ1) is 13.4. The van der Waals surface area contributed by atoms with Crippen LogP contribution in [0.2, 0.25) is 0 Å². The van der Waals surface area contributed by atoms with Gasteiger partial charge in [-0.15, -0.1) is 0 Å². The number of rotatable bonds is 3. The Balaban J connectivity index is 2.11. The first-order chi connectivity index (χ1) is 10.2. The van der Waals surface area contributed by atoms with Crippen molar-refractivity contribution in [3.63, 3.8) is 0 Å². The topological polar surface area (TPSA) is 63.4 Å². The van der Waals surface area contributed by atoms with Crippen molar-refractivity contribution in [2.75, 3.05) is 11.4 Å². The number of hydrogen-bond donors (Lipinski definition) is 1. The summed E-state index contributed by atoms with van der Waals surface area (Å²) in [7, 11) is 0. The second-order valence-electron chi connectivity index (χ2n) is 5.18. The third-order valence-electron chi connectivity index (χ3n) is 3.95. The molecular weight excluding hydrogens is 264 g/mol. The number of primary amides is 1. The molecule has 1 unspecified atom stereocenters. The first-order valence-corrected chi connectivity index (χ1v) is 6.91. The van der Waals surface area contributed by atoms with Gasteiger partial charge in [-0.1, -0.05) is 36.4 Å². The van der Waals surface area contributed by atoms with Crippen LogP contribution in [0.1, 0.15) is 17.9 Å². The van der Waals surface area contributed by atoms with Crippen LogP contribution in [0.25, 0.3) is 11.1 Å². The van der Waals surface area contributed by atoms with E-state index in [0.29, 0.717) is 13.0 Å². The van der Waals surface area contributed by atoms with Gasteiger partial charge in [0.1, 0.15) is 0 Å². The summed E-state index contributed by atoms with van der Waals surface area (Å²) >= 11 is 0. The molecule has 0 saturated carbocycles. The molecule has 2 aromatic rings. The number of nitrogens with two attached hydrogens (primary N) is 1. The highest BCUT2D eigenvalue weighted by Gasteiger charge is 2.28. The molecule has 4 nitrogen and oxygen atoms in total. The summed E-state index contributed by atoms with van der Waals surface area (Å²) in [6, 6.07) is 15.8. The maximum atomic E-state index is 11.7. The molecule has 1 atom stereocenters. The highest BCUT2D eigenvalue weighted by atomic mass is 16.1. The van der Waals surface area contributed by atoms with Crippen LogP contribution in [0.5, 0.6) is 0 Å². The Labute approximate surface area is 123 Å². The molecule has 1 aliphatic rings. The average Bonchev–Trinajstić information content (AvgIpc) is 2.53. The molecule has 106 valence electrons. The van der Waals surface area contributed by atoms with Gasteiger partial charge in [0, 0.05) is 12.2 Å². The summed E-state index contributed by atoms with van der Waals surface area (Å²) in [6.07, 6.45) is 1.37. The monoisotopic (exact) mass is 280 g/mol. The second-order valence-corrected chi connectivity index (χ2v) is 5.18. The van der Waals surface area contributed by atoms with E-state index in [-0.39, 0.29) is 11.8 Å². The molecule has 0 spiro atoms. The fourth-order valence-electron chi connectivity index (χ4n) is 2.85. The van der Waals surface area contributed by atoms with Crippen molar-refractivity contribution in [2.45, 2.75) is 12.3 Å². The number of benzene rings is 2. The third-order valence-corrected chi connectivity index (χ3v) is 3.95. The van der Waals surface area contributed by atoms with Crippen LogP contribution in [-0.2, 0) is 9.59 Å². The SMILES string of the molecule is NC(=O)C1CCN(C=O)c2ccc(-c3ccccc3)cc21. The number of fused-ring (bicyclic) bond motifs is 1. The number of carbonyl (C=O) groups excluding carboxylic acids is 2. The first-order valence-electron chi connectivity index (χ1n) is 6.91. The van der Waals surface area contributed by atoms with Crippen molar-refractivity contribution in [3.05, 3.63) is 54.1 Å². The molecule has 0 fully saturated rings. The van der Waals surface area contributed by atoms with Crippen LogP contribution < -0.4 is 10.6 Å². The number of anilines is 1. The molecule has 1 heterocycles. The fraction of sp³-hybridized carbons (Fsp3) is 0.176. The highest BCUT2D eigenvalue weighted by molar-refractivity contribution is 5.89. The van der Waals surface area contributed by atoms with Gasteiger partial charge in [0.15, 0.2) is 0 Å². The van der Waals surface area contributed by atoms with Crippen LogP contribution >= 0.6 is 0 Å². The lowest BCUT2D eigenvalue weighted by Gasteiger charge is -2.31. The van der Waals surface area contributed by atoms with E-state index in [9.17, 15) is 9.59 Å². The van der Waals surface area contributed by atoms with Gasteiger partial charge in [-0.25, -0.2) is 0 Å². The standard InChI is InChI=1S/C17H16N2O2/c18-17(21)14-8-9-19(11-20)16-7-6-13(10-15(14)16)12-4-2-1-3-5-12/h1-7,10-11,14H,8-9H2,(H2,18,21). The summed E-state index contributed by atoms with van der Waals surface area (Å²) in [5.74, 6) is -0.674. The van der Waals surface area contributed by atoms with Crippen LogP contribution in [0.4, 0.5) is 5.69 Å². The molecule has 0 bridgehead atoms. The summed E-state index contributed by atoms with van der Waals surface area (Å²) < 4.78 is 0. The molecule has 4 heteroatoms. The van der Waals surface area contributed by atoms with Crippen LogP contribution in [0.15, 0.2) is 48.5 Å². The van der Waals surface area contributed by atoms with Crippen molar-refractivity contribution in [1.82, 2.24) is 0 Å². The van der Waals surface area contributed by atoms with E-state index >= 15 is 0 Å². The Hall–Kier alpha value is -2.62. The van der Waals surface area contributed by atoms with Crippen molar-refractivity contribution >= 4 is 18.0 Å². The highest BCUT2D eigenvalue weighted by Crippen LogP contribution is 2.37. The summed E-state index contributed by atoms with van der Waals surface area (Å²) in [5, 5.41) is 0. The Morgan fingerprint density at radius 2 is 1.90 bits per heavy atom. The predicted molar refractivity (Wildman–Crippen MR) is 81.8 cm³/mol. The van der Waals surface area contributed by atoms with Crippen LogP contribution in [0.3, 0.4) is 0 Å². The fourth-order valence-corrected chi connectivity index (χ4v) is 2.85. The number of hydrogen-bond acceptors (Lipinski definition) is 2. The lowest BCUT2D eigenvalue weighted by molar-refractivity contribution is -0.119. The maximum absolute atomic E-state index is 11.7. The van der Waals surface area contributed by atoms with E-state index in [1.807, 2.05) is 48.5 Å². The molecular formula is C17H16N2O2. The molecule has 0 aliphatic carbocycles. The zero-order valence-electron chi connectivity index (χ0n) is 11.5. The van der Waals surface area contributed by atoms with Gasteiger partial charge in [0.25, 0.3) is 0 Å².